The van der Waals surface area contributed by atoms with Gasteiger partial charge in [-0.3, -0.25) is 9.69 Å². The summed E-state index contributed by atoms with van der Waals surface area (Å²) in [5.74, 6) is -0.634. The number of ether oxygens (including phenoxy) is 1. The highest BCUT2D eigenvalue weighted by molar-refractivity contribution is 8.18. The van der Waals surface area contributed by atoms with Gasteiger partial charge in [0.05, 0.1) is 10.6 Å². The summed E-state index contributed by atoms with van der Waals surface area (Å²) < 4.78 is 5.13. The fourth-order valence-corrected chi connectivity index (χ4v) is 3.90. The molecule has 2 aromatic carbocycles. The first-order valence-corrected chi connectivity index (χ1v) is 10.2. The molecule has 150 valence electrons. The van der Waals surface area contributed by atoms with Crippen LogP contribution in [0.5, 0.6) is 5.75 Å². The number of likely N-dealkylation sites (N-methyl/N-ethyl adjacent to an activating group) is 1. The van der Waals surface area contributed by atoms with E-state index < -0.39 is 5.97 Å². The summed E-state index contributed by atoms with van der Waals surface area (Å²) in [6, 6.07) is 14.9. The van der Waals surface area contributed by atoms with Crippen LogP contribution in [0.3, 0.4) is 0 Å². The van der Waals surface area contributed by atoms with E-state index in [9.17, 15) is 9.59 Å². The monoisotopic (exact) mass is 410 g/mol. The van der Waals surface area contributed by atoms with Crippen molar-refractivity contribution in [1.82, 2.24) is 4.90 Å². The van der Waals surface area contributed by atoms with Gasteiger partial charge in [0.1, 0.15) is 5.75 Å². The molecule has 0 spiro atoms. The molecule has 0 unspecified atom stereocenters. The summed E-state index contributed by atoms with van der Waals surface area (Å²) in [5, 5.41) is 9.34. The molecule has 1 aliphatic rings. The number of aliphatic imine (C=N–C) groups is 1. The van der Waals surface area contributed by atoms with Gasteiger partial charge in [-0.05, 0) is 60.5 Å². The highest BCUT2D eigenvalue weighted by Crippen LogP contribution is 2.34. The van der Waals surface area contributed by atoms with Gasteiger partial charge < -0.3 is 9.84 Å². The Labute approximate surface area is 173 Å². The fourth-order valence-electron chi connectivity index (χ4n) is 2.85. The van der Waals surface area contributed by atoms with Crippen molar-refractivity contribution in [2.75, 3.05) is 13.2 Å². The number of aryl methyl sites for hydroxylation is 1. The first-order chi connectivity index (χ1) is 14.0. The highest BCUT2D eigenvalue weighted by atomic mass is 32.2. The Hall–Kier alpha value is -3.06. The van der Waals surface area contributed by atoms with E-state index in [1.807, 2.05) is 37.3 Å². The first-order valence-electron chi connectivity index (χ1n) is 9.34. The average molecular weight is 410 g/mol. The number of hydrogen-bond donors (Lipinski definition) is 1. The lowest BCUT2D eigenvalue weighted by molar-refractivity contribution is -0.139. The number of amides is 1. The van der Waals surface area contributed by atoms with Crippen molar-refractivity contribution in [2.45, 2.75) is 20.3 Å². The number of carboxylic acid groups (broad SMARTS) is 1. The molecule has 0 radical (unpaired) electrons. The summed E-state index contributed by atoms with van der Waals surface area (Å²) in [7, 11) is 0. The summed E-state index contributed by atoms with van der Waals surface area (Å²) in [5.41, 5.74) is 2.85. The lowest BCUT2D eigenvalue weighted by Gasteiger charge is -2.12. The average Bonchev–Trinajstić information content (AvgIpc) is 3.01. The van der Waals surface area contributed by atoms with Gasteiger partial charge in [0.15, 0.2) is 11.8 Å². The van der Waals surface area contributed by atoms with Crippen molar-refractivity contribution in [3.8, 4) is 5.75 Å². The number of aliphatic carboxylic acids is 1. The van der Waals surface area contributed by atoms with E-state index >= 15 is 0 Å². The number of carboxylic acids is 1. The Balaban J connectivity index is 1.83. The fraction of sp³-hybridized carbons (Fsp3) is 0.227. The van der Waals surface area contributed by atoms with Gasteiger partial charge in [-0.2, -0.15) is 0 Å². The number of thioether (sulfide) groups is 1. The Kier molecular flexibility index (Phi) is 6.72. The number of para-hydroxylation sites is 1. The largest absolute Gasteiger partial charge is 0.482 e. The lowest BCUT2D eigenvalue weighted by Crippen LogP contribution is -2.28. The Morgan fingerprint density at radius 1 is 1.17 bits per heavy atom. The van der Waals surface area contributed by atoms with Gasteiger partial charge >= 0.3 is 5.97 Å². The highest BCUT2D eigenvalue weighted by Gasteiger charge is 2.32. The van der Waals surface area contributed by atoms with Crippen molar-refractivity contribution in [3.05, 3.63) is 64.6 Å². The second-order valence-electron chi connectivity index (χ2n) is 6.29. The van der Waals surface area contributed by atoms with Crippen LogP contribution in [0.25, 0.3) is 6.08 Å². The molecule has 3 rings (SSSR count). The summed E-state index contributed by atoms with van der Waals surface area (Å²) in [6.07, 6.45) is 2.68. The van der Waals surface area contributed by atoms with Crippen molar-refractivity contribution >= 4 is 40.6 Å². The quantitative estimate of drug-likeness (QED) is 0.687. The van der Waals surface area contributed by atoms with Gasteiger partial charge in [0, 0.05) is 6.54 Å². The van der Waals surface area contributed by atoms with E-state index in [0.717, 1.165) is 23.2 Å². The summed E-state index contributed by atoms with van der Waals surface area (Å²) in [4.78, 5) is 30.4. The number of amidine groups is 1. The third-order valence-corrected chi connectivity index (χ3v) is 5.34. The molecule has 1 aliphatic heterocycles. The maximum Gasteiger partial charge on any atom is 0.341 e. The lowest BCUT2D eigenvalue weighted by atomic mass is 10.1. The molecule has 29 heavy (non-hydrogen) atoms. The minimum absolute atomic E-state index is 0.0727. The Morgan fingerprint density at radius 3 is 2.55 bits per heavy atom. The predicted octanol–water partition coefficient (Wildman–Crippen LogP) is 4.34. The van der Waals surface area contributed by atoms with E-state index in [2.05, 4.69) is 6.92 Å². The number of hydrogen-bond acceptors (Lipinski definition) is 5. The zero-order valence-electron chi connectivity index (χ0n) is 16.3. The van der Waals surface area contributed by atoms with Crippen molar-refractivity contribution < 1.29 is 19.4 Å². The van der Waals surface area contributed by atoms with Gasteiger partial charge in [-0.25, -0.2) is 9.79 Å². The number of carbonyl (C=O) groups is 2. The third kappa shape index (κ3) is 5.06. The van der Waals surface area contributed by atoms with Crippen molar-refractivity contribution in [2.24, 2.45) is 4.99 Å². The standard InChI is InChI=1S/C22H22N2O4S/c1-3-16-7-5-6-8-18(16)23-22-24(4-2)21(27)19(29-22)13-15-9-11-17(12-10-15)28-14-20(25)26/h5-13H,3-4,14H2,1-2H3,(H,25,26)/b19-13+,23-22?. The van der Waals surface area contributed by atoms with Crippen LogP contribution < -0.4 is 4.74 Å². The molecule has 1 saturated heterocycles. The van der Waals surface area contributed by atoms with Crippen LogP contribution in [0.4, 0.5) is 5.69 Å². The van der Waals surface area contributed by atoms with Crippen LogP contribution in [-0.2, 0) is 16.0 Å². The number of rotatable bonds is 7. The molecule has 1 heterocycles. The molecular weight excluding hydrogens is 388 g/mol. The van der Waals surface area contributed by atoms with Crippen LogP contribution in [0.2, 0.25) is 0 Å². The van der Waals surface area contributed by atoms with Crippen LogP contribution in [-0.4, -0.2) is 40.2 Å². The Morgan fingerprint density at radius 2 is 1.90 bits per heavy atom. The molecule has 7 heteroatoms. The van der Waals surface area contributed by atoms with E-state index in [-0.39, 0.29) is 12.5 Å². The smallest absolute Gasteiger partial charge is 0.341 e. The first kappa shape index (κ1) is 20.7. The molecule has 0 aromatic heterocycles. The molecular formula is C22H22N2O4S. The van der Waals surface area contributed by atoms with Crippen molar-refractivity contribution in [3.63, 3.8) is 0 Å². The summed E-state index contributed by atoms with van der Waals surface area (Å²) >= 11 is 1.36. The van der Waals surface area contributed by atoms with Gasteiger partial charge in [0.25, 0.3) is 5.91 Å². The second kappa shape index (κ2) is 9.43. The van der Waals surface area contributed by atoms with E-state index in [0.29, 0.717) is 22.4 Å². The van der Waals surface area contributed by atoms with Crippen molar-refractivity contribution in [1.29, 1.82) is 0 Å². The van der Waals surface area contributed by atoms with Crippen LogP contribution in [0.15, 0.2) is 58.4 Å². The zero-order chi connectivity index (χ0) is 20.8. The topological polar surface area (TPSA) is 79.2 Å². The zero-order valence-corrected chi connectivity index (χ0v) is 17.1. The molecule has 2 aromatic rings. The molecule has 0 bridgehead atoms. The van der Waals surface area contributed by atoms with E-state index in [1.54, 1.807) is 29.2 Å². The maximum atomic E-state index is 12.8. The van der Waals surface area contributed by atoms with Gasteiger partial charge in [-0.15, -0.1) is 0 Å². The number of nitrogens with zero attached hydrogens (tertiary/aromatic N) is 2. The van der Waals surface area contributed by atoms with Gasteiger partial charge in [0.2, 0.25) is 0 Å². The minimum Gasteiger partial charge on any atom is -0.482 e. The van der Waals surface area contributed by atoms with Crippen LogP contribution in [0, 0.1) is 0 Å². The molecule has 1 N–H and O–H groups in total. The molecule has 1 fully saturated rings. The molecule has 0 atom stereocenters. The minimum atomic E-state index is -1.03. The van der Waals surface area contributed by atoms with Crippen LogP contribution >= 0.6 is 11.8 Å². The van der Waals surface area contributed by atoms with Gasteiger partial charge in [-0.1, -0.05) is 37.3 Å². The number of benzene rings is 2. The van der Waals surface area contributed by atoms with E-state index in [4.69, 9.17) is 14.8 Å². The molecule has 1 amide bonds. The number of carbonyl (C=O) groups excluding carboxylic acids is 1. The molecule has 0 saturated carbocycles. The second-order valence-corrected chi connectivity index (χ2v) is 7.30. The summed E-state index contributed by atoms with van der Waals surface area (Å²) in [6.45, 7) is 4.16. The maximum absolute atomic E-state index is 12.8. The predicted molar refractivity (Wildman–Crippen MR) is 115 cm³/mol. The SMILES string of the molecule is CCc1ccccc1N=C1S/C(=C/c2ccc(OCC(=O)O)cc2)C(=O)N1CC. The normalized spacial score (nSPS) is 16.6. The van der Waals surface area contributed by atoms with Crippen LogP contribution in [0.1, 0.15) is 25.0 Å². The van der Waals surface area contributed by atoms with E-state index in [1.165, 1.54) is 11.8 Å². The Bertz CT molecular complexity index is 967. The molecule has 6 nitrogen and oxygen atoms in total. The third-order valence-electron chi connectivity index (χ3n) is 4.33. The molecule has 0 aliphatic carbocycles.